The van der Waals surface area contributed by atoms with Crippen molar-refractivity contribution in [1.82, 2.24) is 25.3 Å². The summed E-state index contributed by atoms with van der Waals surface area (Å²) in [6, 6.07) is -0.517. The summed E-state index contributed by atoms with van der Waals surface area (Å²) in [6.07, 6.45) is -4.70. The molecule has 0 radical (unpaired) electrons. The van der Waals surface area contributed by atoms with Crippen LogP contribution in [0.1, 0.15) is 34.8 Å². The van der Waals surface area contributed by atoms with Gasteiger partial charge in [-0.25, -0.2) is 9.67 Å². The van der Waals surface area contributed by atoms with E-state index in [1.807, 2.05) is 0 Å². The molecule has 0 bridgehead atoms. The maximum atomic E-state index is 12.8. The first-order valence-electron chi connectivity index (χ1n) is 5.46. The minimum absolute atomic E-state index is 0.517. The van der Waals surface area contributed by atoms with E-state index < -0.39 is 29.5 Å². The summed E-state index contributed by atoms with van der Waals surface area (Å²) < 4.78 is 39.0. The second kappa shape index (κ2) is 5.19. The number of aryl methyl sites for hydroxylation is 1. The Morgan fingerprint density at radius 3 is 2.75 bits per heavy atom. The molecule has 1 atom stereocenters. The number of alkyl halides is 3. The number of amides is 1. The summed E-state index contributed by atoms with van der Waals surface area (Å²) in [5.41, 5.74) is 0.213. The Morgan fingerprint density at radius 2 is 2.20 bits per heavy atom. The molecule has 10 heteroatoms. The van der Waals surface area contributed by atoms with Gasteiger partial charge < -0.3 is 5.32 Å². The van der Waals surface area contributed by atoms with Crippen molar-refractivity contribution in [2.75, 3.05) is 0 Å². The van der Waals surface area contributed by atoms with Gasteiger partial charge in [-0.1, -0.05) is 5.21 Å². The quantitative estimate of drug-likeness (QED) is 0.938. The molecule has 1 N–H and O–H groups in total. The molecule has 0 aliphatic rings. The molecule has 0 fully saturated rings. The fraction of sp³-hybridized carbons (Fsp3) is 0.400. The smallest absolute Gasteiger partial charge is 0.342 e. The second-order valence-electron chi connectivity index (χ2n) is 4.02. The van der Waals surface area contributed by atoms with E-state index in [2.05, 4.69) is 20.6 Å². The number of halogens is 3. The Hall–Kier alpha value is -1.97. The number of hydrogen-bond donors (Lipinski definition) is 1. The Labute approximate surface area is 115 Å². The summed E-state index contributed by atoms with van der Waals surface area (Å²) in [6.45, 7) is 1.62. The minimum Gasteiger partial charge on any atom is -0.342 e. The van der Waals surface area contributed by atoms with Crippen LogP contribution in [0.4, 0.5) is 13.2 Å². The number of nitrogens with one attached hydrogen (secondary N) is 1. The molecule has 2 aromatic rings. The van der Waals surface area contributed by atoms with Crippen molar-refractivity contribution < 1.29 is 18.0 Å². The number of rotatable bonds is 3. The minimum atomic E-state index is -4.70. The molecule has 6 nitrogen and oxygen atoms in total. The predicted octanol–water partition coefficient (Wildman–Crippen LogP) is 1.78. The van der Waals surface area contributed by atoms with Crippen molar-refractivity contribution in [1.29, 1.82) is 0 Å². The summed E-state index contributed by atoms with van der Waals surface area (Å²) in [7, 11) is 1.08. The lowest BCUT2D eigenvalue weighted by Crippen LogP contribution is -2.29. The normalized spacial score (nSPS) is 13.2. The van der Waals surface area contributed by atoms with Crippen LogP contribution in [0.2, 0.25) is 0 Å². The highest BCUT2D eigenvalue weighted by Crippen LogP contribution is 2.30. The van der Waals surface area contributed by atoms with Gasteiger partial charge in [0.15, 0.2) is 11.4 Å². The molecule has 0 aliphatic heterocycles. The average molecular weight is 305 g/mol. The first kappa shape index (κ1) is 14.4. The Kier molecular flexibility index (Phi) is 3.75. The van der Waals surface area contributed by atoms with Crippen LogP contribution >= 0.6 is 11.3 Å². The molecular formula is C10H10F3N5OS. The van der Waals surface area contributed by atoms with Crippen molar-refractivity contribution in [2.24, 2.45) is 7.05 Å². The van der Waals surface area contributed by atoms with Crippen LogP contribution in [-0.4, -0.2) is 25.9 Å². The van der Waals surface area contributed by atoms with Crippen LogP contribution in [0.15, 0.2) is 10.9 Å². The standard InChI is InChI=1S/C10H10F3N5OS/c1-5(6-3-20-4-14-6)15-9(19)7-8(10(11,12)13)18(2)17-16-7/h3-5H,1-2H3,(H,15,19). The van der Waals surface area contributed by atoms with E-state index in [0.29, 0.717) is 10.4 Å². The lowest BCUT2D eigenvalue weighted by molar-refractivity contribution is -0.144. The summed E-state index contributed by atoms with van der Waals surface area (Å²) >= 11 is 1.33. The van der Waals surface area contributed by atoms with Crippen molar-refractivity contribution in [3.63, 3.8) is 0 Å². The highest BCUT2D eigenvalue weighted by Gasteiger charge is 2.40. The van der Waals surface area contributed by atoms with E-state index in [4.69, 9.17) is 0 Å². The predicted molar refractivity (Wildman–Crippen MR) is 64.0 cm³/mol. The zero-order valence-corrected chi connectivity index (χ0v) is 11.3. The molecule has 0 saturated heterocycles. The summed E-state index contributed by atoms with van der Waals surface area (Å²) in [4.78, 5) is 15.9. The third kappa shape index (κ3) is 2.79. The van der Waals surface area contributed by atoms with Crippen LogP contribution < -0.4 is 5.32 Å². The van der Waals surface area contributed by atoms with Gasteiger partial charge >= 0.3 is 6.18 Å². The number of carbonyl (C=O) groups is 1. The highest BCUT2D eigenvalue weighted by atomic mass is 32.1. The molecule has 108 valence electrons. The van der Waals surface area contributed by atoms with Crippen molar-refractivity contribution in [3.05, 3.63) is 28.0 Å². The maximum absolute atomic E-state index is 12.8. The Morgan fingerprint density at radius 1 is 1.50 bits per heavy atom. The molecule has 0 aliphatic carbocycles. The average Bonchev–Trinajstić information content (AvgIpc) is 2.95. The second-order valence-corrected chi connectivity index (χ2v) is 4.74. The lowest BCUT2D eigenvalue weighted by atomic mass is 10.2. The molecule has 2 heterocycles. The van der Waals surface area contributed by atoms with Gasteiger partial charge in [-0.3, -0.25) is 4.79 Å². The molecule has 1 amide bonds. The molecular weight excluding hydrogens is 295 g/mol. The number of nitrogens with zero attached hydrogens (tertiary/aromatic N) is 4. The van der Waals surface area contributed by atoms with Crippen molar-refractivity contribution >= 4 is 17.2 Å². The van der Waals surface area contributed by atoms with Crippen molar-refractivity contribution in [3.8, 4) is 0 Å². The fourth-order valence-corrected chi connectivity index (χ4v) is 2.25. The van der Waals surface area contributed by atoms with E-state index in [9.17, 15) is 18.0 Å². The first-order valence-corrected chi connectivity index (χ1v) is 6.40. The van der Waals surface area contributed by atoms with Gasteiger partial charge in [-0.15, -0.1) is 16.4 Å². The number of aromatic nitrogens is 4. The third-order valence-corrected chi connectivity index (χ3v) is 3.16. The van der Waals surface area contributed by atoms with Crippen molar-refractivity contribution in [2.45, 2.75) is 19.1 Å². The third-order valence-electron chi connectivity index (χ3n) is 2.55. The zero-order valence-electron chi connectivity index (χ0n) is 10.5. The maximum Gasteiger partial charge on any atom is 0.435 e. The Bertz CT molecular complexity index is 607. The van der Waals surface area contributed by atoms with Gasteiger partial charge in [0.25, 0.3) is 5.91 Å². The topological polar surface area (TPSA) is 72.7 Å². The van der Waals surface area contributed by atoms with Crippen LogP contribution in [0.3, 0.4) is 0 Å². The summed E-state index contributed by atoms with van der Waals surface area (Å²) in [5, 5.41) is 10.6. The zero-order chi connectivity index (χ0) is 14.9. The van der Waals surface area contributed by atoms with Crippen LogP contribution in [0, 0.1) is 0 Å². The molecule has 1 unspecified atom stereocenters. The molecule has 0 spiro atoms. The largest absolute Gasteiger partial charge is 0.435 e. The molecule has 2 rings (SSSR count). The molecule has 20 heavy (non-hydrogen) atoms. The van der Waals surface area contributed by atoms with Gasteiger partial charge in [0.05, 0.1) is 17.2 Å². The number of hydrogen-bond acceptors (Lipinski definition) is 5. The van der Waals surface area contributed by atoms with Gasteiger partial charge in [-0.05, 0) is 6.92 Å². The number of thiazole rings is 1. The van der Waals surface area contributed by atoms with E-state index in [1.54, 1.807) is 17.8 Å². The molecule has 0 saturated carbocycles. The highest BCUT2D eigenvalue weighted by molar-refractivity contribution is 7.07. The first-order chi connectivity index (χ1) is 9.30. The van der Waals surface area contributed by atoms with E-state index >= 15 is 0 Å². The summed E-state index contributed by atoms with van der Waals surface area (Å²) in [5.74, 6) is -0.939. The molecule has 2 aromatic heterocycles. The van der Waals surface area contributed by atoms with Gasteiger partial charge in [0.1, 0.15) is 0 Å². The van der Waals surface area contributed by atoms with Crippen LogP contribution in [0.5, 0.6) is 0 Å². The van der Waals surface area contributed by atoms with E-state index in [-0.39, 0.29) is 0 Å². The SMILES string of the molecule is CC(NC(=O)c1nnn(C)c1C(F)(F)F)c1cscn1. The van der Waals surface area contributed by atoms with Gasteiger partial charge in [-0.2, -0.15) is 13.2 Å². The van der Waals surface area contributed by atoms with Crippen LogP contribution in [0.25, 0.3) is 0 Å². The molecule has 0 aromatic carbocycles. The van der Waals surface area contributed by atoms with Crippen LogP contribution in [-0.2, 0) is 13.2 Å². The monoisotopic (exact) mass is 305 g/mol. The fourth-order valence-electron chi connectivity index (χ4n) is 1.60. The van der Waals surface area contributed by atoms with E-state index in [1.165, 1.54) is 11.3 Å². The van der Waals surface area contributed by atoms with Gasteiger partial charge in [0.2, 0.25) is 0 Å². The van der Waals surface area contributed by atoms with E-state index in [0.717, 1.165) is 7.05 Å². The Balaban J connectivity index is 2.22. The lowest BCUT2D eigenvalue weighted by Gasteiger charge is -2.12. The van der Waals surface area contributed by atoms with Gasteiger partial charge in [0, 0.05) is 12.4 Å². The number of carbonyl (C=O) groups excluding carboxylic acids is 1.